The summed E-state index contributed by atoms with van der Waals surface area (Å²) >= 11 is 0. The number of esters is 2. The van der Waals surface area contributed by atoms with Crippen LogP contribution < -0.4 is 10.6 Å². The summed E-state index contributed by atoms with van der Waals surface area (Å²) in [6, 6.07) is 2.83. The van der Waals surface area contributed by atoms with Crippen LogP contribution in [0.2, 0.25) is 0 Å². The van der Waals surface area contributed by atoms with Crippen LogP contribution in [0.4, 0.5) is 5.69 Å². The van der Waals surface area contributed by atoms with E-state index in [0.717, 1.165) is 25.7 Å². The quantitative estimate of drug-likeness (QED) is 0.603. The second-order valence-electron chi connectivity index (χ2n) is 8.92. The number of amides is 3. The van der Waals surface area contributed by atoms with Crippen molar-refractivity contribution in [2.75, 3.05) is 19.5 Å². The number of piperazine rings is 1. The smallest absolute Gasteiger partial charge is 0.337 e. The van der Waals surface area contributed by atoms with E-state index in [1.807, 2.05) is 0 Å². The molecule has 0 bridgehead atoms. The molecule has 3 rings (SSSR count). The van der Waals surface area contributed by atoms with Crippen molar-refractivity contribution in [3.05, 3.63) is 29.3 Å². The van der Waals surface area contributed by atoms with Gasteiger partial charge in [0.1, 0.15) is 6.04 Å². The molecule has 1 aromatic carbocycles. The van der Waals surface area contributed by atoms with Crippen molar-refractivity contribution in [3.63, 3.8) is 0 Å². The fraction of sp³-hybridized carbons (Fsp3) is 0.542. The fourth-order valence-electron chi connectivity index (χ4n) is 4.61. The zero-order valence-electron chi connectivity index (χ0n) is 19.9. The Morgan fingerprint density at radius 3 is 2.18 bits per heavy atom. The van der Waals surface area contributed by atoms with Crippen LogP contribution in [0.3, 0.4) is 0 Å². The number of rotatable bonds is 6. The number of anilines is 1. The maximum atomic E-state index is 13.1. The van der Waals surface area contributed by atoms with Gasteiger partial charge in [-0.1, -0.05) is 26.7 Å². The molecule has 0 radical (unpaired) electrons. The average Bonchev–Trinajstić information content (AvgIpc) is 2.82. The summed E-state index contributed by atoms with van der Waals surface area (Å²) in [5, 5.41) is 5.63. The Hall–Kier alpha value is -3.43. The largest absolute Gasteiger partial charge is 0.465 e. The maximum absolute atomic E-state index is 13.1. The average molecular weight is 474 g/mol. The molecule has 2 fully saturated rings. The molecule has 2 N–H and O–H groups in total. The van der Waals surface area contributed by atoms with E-state index in [-0.39, 0.29) is 53.1 Å². The highest BCUT2D eigenvalue weighted by molar-refractivity contribution is 6.01. The molecule has 0 unspecified atom stereocenters. The summed E-state index contributed by atoms with van der Waals surface area (Å²) in [6.07, 6.45) is 3.24. The number of carbonyl (C=O) groups is 5. The number of nitrogens with zero attached hydrogens (tertiary/aromatic N) is 1. The Kier molecular flexibility index (Phi) is 7.90. The van der Waals surface area contributed by atoms with E-state index >= 15 is 0 Å². The SMILES string of the molecule is COC(=O)c1cc(NC(=O)C[C@@H]2C(=O)N[C@@H]3CCCC[C@@H]3N2C(=O)C(C)C)cc(C(=O)OC)c1. The van der Waals surface area contributed by atoms with Gasteiger partial charge in [0.2, 0.25) is 17.7 Å². The van der Waals surface area contributed by atoms with Crippen LogP contribution in [0.25, 0.3) is 0 Å². The van der Waals surface area contributed by atoms with Gasteiger partial charge in [-0.05, 0) is 31.0 Å². The zero-order chi connectivity index (χ0) is 25.0. The van der Waals surface area contributed by atoms with Crippen molar-refractivity contribution >= 4 is 35.3 Å². The van der Waals surface area contributed by atoms with Crippen LogP contribution in [0.1, 0.15) is 66.7 Å². The summed E-state index contributed by atoms with van der Waals surface area (Å²) in [6.45, 7) is 3.55. The molecule has 10 nitrogen and oxygen atoms in total. The zero-order valence-corrected chi connectivity index (χ0v) is 19.9. The minimum atomic E-state index is -0.946. The van der Waals surface area contributed by atoms with Crippen molar-refractivity contribution < 1.29 is 33.4 Å². The van der Waals surface area contributed by atoms with Crippen molar-refractivity contribution in [2.24, 2.45) is 5.92 Å². The first-order chi connectivity index (χ1) is 16.2. The van der Waals surface area contributed by atoms with Crippen molar-refractivity contribution in [3.8, 4) is 0 Å². The van der Waals surface area contributed by atoms with Gasteiger partial charge in [0.05, 0.1) is 37.8 Å². The second kappa shape index (κ2) is 10.7. The van der Waals surface area contributed by atoms with Crippen molar-refractivity contribution in [1.29, 1.82) is 0 Å². The number of ether oxygens (including phenoxy) is 2. The predicted molar refractivity (Wildman–Crippen MR) is 122 cm³/mol. The maximum Gasteiger partial charge on any atom is 0.337 e. The first-order valence-electron chi connectivity index (χ1n) is 11.4. The Labute approximate surface area is 198 Å². The molecular formula is C24H31N3O7. The molecule has 3 atom stereocenters. The second-order valence-corrected chi connectivity index (χ2v) is 8.92. The standard InChI is InChI=1S/C24H31N3O7/c1-13(2)22(30)27-18-8-6-5-7-17(18)26-21(29)19(27)12-20(28)25-16-10-14(23(31)33-3)9-15(11-16)24(32)34-4/h9-11,13,17-19H,5-8,12H2,1-4H3,(H,25,28)(H,26,29)/t17-,18+,19-/m1/s1. The fourth-order valence-corrected chi connectivity index (χ4v) is 4.61. The number of hydrogen-bond acceptors (Lipinski definition) is 7. The normalized spacial score (nSPS) is 21.9. The molecule has 3 amide bonds. The molecule has 2 aliphatic rings. The topological polar surface area (TPSA) is 131 Å². The minimum absolute atomic E-state index is 0.0535. The minimum Gasteiger partial charge on any atom is -0.465 e. The lowest BCUT2D eigenvalue weighted by molar-refractivity contribution is -0.154. The van der Waals surface area contributed by atoms with Gasteiger partial charge in [-0.2, -0.15) is 0 Å². The summed E-state index contributed by atoms with van der Waals surface area (Å²) < 4.78 is 9.42. The van der Waals surface area contributed by atoms with Gasteiger partial charge in [-0.3, -0.25) is 14.4 Å². The first kappa shape index (κ1) is 25.2. The van der Waals surface area contributed by atoms with Gasteiger partial charge in [0.25, 0.3) is 0 Å². The van der Waals surface area contributed by atoms with Gasteiger partial charge < -0.3 is 25.0 Å². The van der Waals surface area contributed by atoms with Gasteiger partial charge in [0, 0.05) is 17.6 Å². The number of nitrogens with one attached hydrogen (secondary N) is 2. The number of benzene rings is 1. The molecule has 10 heteroatoms. The van der Waals surface area contributed by atoms with Crippen LogP contribution in [0.15, 0.2) is 18.2 Å². The molecule has 184 valence electrons. The number of methoxy groups -OCH3 is 2. The van der Waals surface area contributed by atoms with Crippen LogP contribution in [0.5, 0.6) is 0 Å². The lowest BCUT2D eigenvalue weighted by Gasteiger charge is -2.48. The van der Waals surface area contributed by atoms with E-state index in [9.17, 15) is 24.0 Å². The molecule has 34 heavy (non-hydrogen) atoms. The molecule has 0 spiro atoms. The number of fused-ring (bicyclic) bond motifs is 1. The predicted octanol–water partition coefficient (Wildman–Crippen LogP) is 1.88. The lowest BCUT2D eigenvalue weighted by atomic mass is 9.84. The third kappa shape index (κ3) is 5.37. The third-order valence-electron chi connectivity index (χ3n) is 6.24. The Morgan fingerprint density at radius 1 is 1.03 bits per heavy atom. The van der Waals surface area contributed by atoms with E-state index < -0.39 is 23.9 Å². The van der Waals surface area contributed by atoms with E-state index in [4.69, 9.17) is 9.47 Å². The lowest BCUT2D eigenvalue weighted by Crippen LogP contribution is -2.68. The van der Waals surface area contributed by atoms with E-state index in [0.29, 0.717) is 0 Å². The monoisotopic (exact) mass is 473 g/mol. The molecule has 1 aromatic rings. The highest BCUT2D eigenvalue weighted by Crippen LogP contribution is 2.31. The summed E-state index contributed by atoms with van der Waals surface area (Å²) in [4.78, 5) is 64.6. The highest BCUT2D eigenvalue weighted by Gasteiger charge is 2.46. The molecule has 1 heterocycles. The van der Waals surface area contributed by atoms with Gasteiger partial charge in [-0.25, -0.2) is 9.59 Å². The van der Waals surface area contributed by atoms with Crippen molar-refractivity contribution in [2.45, 2.75) is 64.1 Å². The Morgan fingerprint density at radius 2 is 1.62 bits per heavy atom. The first-order valence-corrected chi connectivity index (χ1v) is 11.4. The van der Waals surface area contributed by atoms with E-state index in [1.165, 1.54) is 32.4 Å². The molecule has 1 aliphatic carbocycles. The van der Waals surface area contributed by atoms with Crippen LogP contribution in [-0.2, 0) is 23.9 Å². The van der Waals surface area contributed by atoms with Gasteiger partial charge >= 0.3 is 11.9 Å². The molecular weight excluding hydrogens is 442 g/mol. The summed E-state index contributed by atoms with van der Waals surface area (Å²) in [7, 11) is 2.40. The molecule has 1 aliphatic heterocycles. The molecule has 1 saturated carbocycles. The number of hydrogen-bond donors (Lipinski definition) is 2. The van der Waals surface area contributed by atoms with E-state index in [1.54, 1.807) is 18.7 Å². The highest BCUT2D eigenvalue weighted by atomic mass is 16.5. The number of carbonyl (C=O) groups excluding carboxylic acids is 5. The molecule has 1 saturated heterocycles. The Balaban J connectivity index is 1.84. The van der Waals surface area contributed by atoms with Crippen molar-refractivity contribution in [1.82, 2.24) is 10.2 Å². The third-order valence-corrected chi connectivity index (χ3v) is 6.24. The Bertz CT molecular complexity index is 957. The van der Waals surface area contributed by atoms with Crippen LogP contribution >= 0.6 is 0 Å². The van der Waals surface area contributed by atoms with Crippen LogP contribution in [0, 0.1) is 5.92 Å². The van der Waals surface area contributed by atoms with E-state index in [2.05, 4.69) is 10.6 Å². The molecule has 0 aromatic heterocycles. The van der Waals surface area contributed by atoms with Crippen LogP contribution in [-0.4, -0.2) is 66.9 Å². The van der Waals surface area contributed by atoms with Gasteiger partial charge in [-0.15, -0.1) is 0 Å². The summed E-state index contributed by atoms with van der Waals surface area (Å²) in [5.74, 6) is -2.75. The van der Waals surface area contributed by atoms with Gasteiger partial charge in [0.15, 0.2) is 0 Å². The summed E-state index contributed by atoms with van der Waals surface area (Å²) in [5.41, 5.74) is 0.275.